The molecule has 0 unspecified atom stereocenters. The van der Waals surface area contributed by atoms with E-state index in [0.717, 1.165) is 0 Å². The third-order valence-corrected chi connectivity index (χ3v) is 2.57. The summed E-state index contributed by atoms with van der Waals surface area (Å²) in [6.45, 7) is 0.0954. The van der Waals surface area contributed by atoms with Crippen LogP contribution in [0.2, 0.25) is 0 Å². The fourth-order valence-electron chi connectivity index (χ4n) is 1.62. The van der Waals surface area contributed by atoms with Gasteiger partial charge in [0.1, 0.15) is 18.2 Å². The van der Waals surface area contributed by atoms with Crippen molar-refractivity contribution < 1.29 is 14.4 Å². The number of methoxy groups -OCH3 is 1. The zero-order valence-corrected chi connectivity index (χ0v) is 10.8. The van der Waals surface area contributed by atoms with Gasteiger partial charge in [0.25, 0.3) is 0 Å². The van der Waals surface area contributed by atoms with E-state index in [4.69, 9.17) is 15.2 Å². The van der Waals surface area contributed by atoms with E-state index < -0.39 is 4.92 Å². The minimum absolute atomic E-state index is 0.0954. The first kappa shape index (κ1) is 13.6. The van der Waals surface area contributed by atoms with E-state index >= 15 is 0 Å². The van der Waals surface area contributed by atoms with Crippen LogP contribution in [0.15, 0.2) is 36.4 Å². The van der Waals surface area contributed by atoms with Crippen LogP contribution < -0.4 is 15.2 Å². The van der Waals surface area contributed by atoms with Crippen molar-refractivity contribution in [2.24, 2.45) is 0 Å². The molecule has 2 aromatic rings. The van der Waals surface area contributed by atoms with Gasteiger partial charge in [-0.1, -0.05) is 6.07 Å². The molecule has 0 fully saturated rings. The third kappa shape index (κ3) is 3.14. The first-order chi connectivity index (χ1) is 9.60. The van der Waals surface area contributed by atoms with Gasteiger partial charge in [-0.25, -0.2) is 4.98 Å². The van der Waals surface area contributed by atoms with Crippen LogP contribution in [0.25, 0.3) is 0 Å². The monoisotopic (exact) mass is 275 g/mol. The van der Waals surface area contributed by atoms with Gasteiger partial charge in [0.15, 0.2) is 5.75 Å². The fourth-order valence-corrected chi connectivity index (χ4v) is 1.62. The molecular weight excluding hydrogens is 262 g/mol. The van der Waals surface area contributed by atoms with Crippen LogP contribution in [-0.4, -0.2) is 17.0 Å². The average molecular weight is 275 g/mol. The zero-order valence-electron chi connectivity index (χ0n) is 10.8. The minimum atomic E-state index is -0.523. The number of aromatic nitrogens is 1. The highest BCUT2D eigenvalue weighted by Crippen LogP contribution is 2.31. The molecule has 104 valence electrons. The molecule has 7 nitrogen and oxygen atoms in total. The van der Waals surface area contributed by atoms with Gasteiger partial charge in [0.05, 0.1) is 23.8 Å². The van der Waals surface area contributed by atoms with Gasteiger partial charge in [-0.3, -0.25) is 10.1 Å². The first-order valence-corrected chi connectivity index (χ1v) is 5.77. The smallest absolute Gasteiger partial charge is 0.314 e. The van der Waals surface area contributed by atoms with Crippen molar-refractivity contribution >= 4 is 11.5 Å². The van der Waals surface area contributed by atoms with Crippen LogP contribution in [0.1, 0.15) is 5.69 Å². The molecule has 20 heavy (non-hydrogen) atoms. The predicted octanol–water partition coefficient (Wildman–Crippen LogP) is 2.16. The van der Waals surface area contributed by atoms with E-state index in [1.54, 1.807) is 24.3 Å². The molecule has 2 N–H and O–H groups in total. The topological polar surface area (TPSA) is 101 Å². The summed E-state index contributed by atoms with van der Waals surface area (Å²) in [5.74, 6) is 0.918. The van der Waals surface area contributed by atoms with Gasteiger partial charge in [0, 0.05) is 0 Å². The van der Waals surface area contributed by atoms with E-state index in [9.17, 15) is 10.1 Å². The van der Waals surface area contributed by atoms with Crippen LogP contribution in [0, 0.1) is 10.1 Å². The van der Waals surface area contributed by atoms with E-state index in [1.165, 1.54) is 19.2 Å². The third-order valence-electron chi connectivity index (χ3n) is 2.57. The van der Waals surface area contributed by atoms with Crippen LogP contribution in [0.4, 0.5) is 11.5 Å². The van der Waals surface area contributed by atoms with Crippen molar-refractivity contribution in [1.29, 1.82) is 0 Å². The van der Waals surface area contributed by atoms with Crippen molar-refractivity contribution in [3.8, 4) is 11.5 Å². The van der Waals surface area contributed by atoms with E-state index in [1.807, 2.05) is 0 Å². The maximum Gasteiger partial charge on any atom is 0.314 e. The quantitative estimate of drug-likeness (QED) is 0.662. The molecular formula is C13H13N3O4. The number of nitrogen functional groups attached to an aromatic ring is 1. The largest absolute Gasteiger partial charge is 0.496 e. The number of anilines is 1. The van der Waals surface area contributed by atoms with E-state index in [2.05, 4.69) is 4.98 Å². The van der Waals surface area contributed by atoms with Crippen molar-refractivity contribution in [3.63, 3.8) is 0 Å². The van der Waals surface area contributed by atoms with E-state index in [0.29, 0.717) is 17.3 Å². The Kier molecular flexibility index (Phi) is 3.99. The SMILES string of the molecule is COc1ccc(OCc2cccc(N)n2)c([N+](=O)[O-])c1. The van der Waals surface area contributed by atoms with Crippen molar-refractivity contribution in [2.75, 3.05) is 12.8 Å². The molecule has 1 aromatic heterocycles. The highest BCUT2D eigenvalue weighted by Gasteiger charge is 2.16. The van der Waals surface area contributed by atoms with Gasteiger partial charge in [-0.2, -0.15) is 0 Å². The number of rotatable bonds is 5. The van der Waals surface area contributed by atoms with Crippen molar-refractivity contribution in [2.45, 2.75) is 6.61 Å². The molecule has 0 bridgehead atoms. The summed E-state index contributed by atoms with van der Waals surface area (Å²) in [4.78, 5) is 14.5. The highest BCUT2D eigenvalue weighted by atomic mass is 16.6. The Labute approximate surface area is 115 Å². The van der Waals surface area contributed by atoms with E-state index in [-0.39, 0.29) is 18.0 Å². The number of benzene rings is 1. The Hall–Kier alpha value is -2.83. The lowest BCUT2D eigenvalue weighted by molar-refractivity contribution is -0.386. The number of nitrogens with zero attached hydrogens (tertiary/aromatic N) is 2. The summed E-state index contributed by atoms with van der Waals surface area (Å²) >= 11 is 0. The molecule has 0 aliphatic rings. The van der Waals surface area contributed by atoms with Gasteiger partial charge < -0.3 is 15.2 Å². The summed E-state index contributed by atoms with van der Waals surface area (Å²) in [6, 6.07) is 9.51. The Bertz CT molecular complexity index is 631. The molecule has 0 saturated heterocycles. The first-order valence-electron chi connectivity index (χ1n) is 5.77. The number of hydrogen-bond donors (Lipinski definition) is 1. The molecule has 0 saturated carbocycles. The summed E-state index contributed by atoms with van der Waals surface area (Å²) < 4.78 is 10.4. The van der Waals surface area contributed by atoms with Crippen LogP contribution in [0.5, 0.6) is 11.5 Å². The lowest BCUT2D eigenvalue weighted by Crippen LogP contribution is -2.02. The Balaban J connectivity index is 2.18. The molecule has 0 spiro atoms. The molecule has 7 heteroatoms. The van der Waals surface area contributed by atoms with Gasteiger partial charge in [0.2, 0.25) is 0 Å². The van der Waals surface area contributed by atoms with Crippen molar-refractivity contribution in [1.82, 2.24) is 4.98 Å². The minimum Gasteiger partial charge on any atom is -0.496 e. The van der Waals surface area contributed by atoms with Crippen LogP contribution >= 0.6 is 0 Å². The number of pyridine rings is 1. The van der Waals surface area contributed by atoms with Gasteiger partial charge in [-0.15, -0.1) is 0 Å². The molecule has 0 aliphatic heterocycles. The Morgan fingerprint density at radius 3 is 2.80 bits per heavy atom. The normalized spacial score (nSPS) is 10.1. The standard InChI is InChI=1S/C13H13N3O4/c1-19-10-5-6-12(11(7-10)16(17)18)20-8-9-3-2-4-13(14)15-9/h2-7H,8H2,1H3,(H2,14,15). The highest BCUT2D eigenvalue weighted by molar-refractivity contribution is 5.51. The second-order valence-electron chi connectivity index (χ2n) is 3.93. The second kappa shape index (κ2) is 5.87. The lowest BCUT2D eigenvalue weighted by atomic mass is 10.3. The summed E-state index contributed by atoms with van der Waals surface area (Å²) in [7, 11) is 1.44. The van der Waals surface area contributed by atoms with Crippen molar-refractivity contribution in [3.05, 3.63) is 52.2 Å². The molecule has 1 aromatic carbocycles. The Morgan fingerprint density at radius 1 is 1.35 bits per heavy atom. The summed E-state index contributed by atoms with van der Waals surface area (Å²) in [5.41, 5.74) is 5.99. The fraction of sp³-hybridized carbons (Fsp3) is 0.154. The average Bonchev–Trinajstić information content (AvgIpc) is 2.45. The molecule has 0 aliphatic carbocycles. The van der Waals surface area contributed by atoms with Crippen LogP contribution in [0.3, 0.4) is 0 Å². The zero-order chi connectivity index (χ0) is 14.5. The van der Waals surface area contributed by atoms with Gasteiger partial charge in [-0.05, 0) is 24.3 Å². The second-order valence-corrected chi connectivity index (χ2v) is 3.93. The molecule has 0 atom stereocenters. The number of nitrogens with two attached hydrogens (primary N) is 1. The number of nitro benzene ring substituents is 1. The molecule has 0 amide bonds. The molecule has 0 radical (unpaired) electrons. The molecule has 2 rings (SSSR count). The summed E-state index contributed by atoms with van der Waals surface area (Å²) in [5, 5.41) is 11.0. The predicted molar refractivity (Wildman–Crippen MR) is 72.6 cm³/mol. The lowest BCUT2D eigenvalue weighted by Gasteiger charge is -2.08. The maximum absolute atomic E-state index is 11.0. The number of nitro groups is 1. The Morgan fingerprint density at radius 2 is 2.15 bits per heavy atom. The maximum atomic E-state index is 11.0. The van der Waals surface area contributed by atoms with Crippen LogP contribution in [-0.2, 0) is 6.61 Å². The molecule has 1 heterocycles. The number of hydrogen-bond acceptors (Lipinski definition) is 6. The number of ether oxygens (including phenoxy) is 2. The summed E-state index contributed by atoms with van der Waals surface area (Å²) in [6.07, 6.45) is 0. The van der Waals surface area contributed by atoms with Gasteiger partial charge >= 0.3 is 5.69 Å².